The second-order valence-corrected chi connectivity index (χ2v) is 10.4. The van der Waals surface area contributed by atoms with Gasteiger partial charge in [-0.15, -0.1) is 0 Å². The molecular formula is C21H24O9S. The normalized spacial score (nSPS) is 35.4. The maximum absolute atomic E-state index is 12.5. The molecule has 0 amide bonds. The zero-order chi connectivity index (χ0) is 22.0. The molecule has 1 saturated heterocycles. The molecule has 3 saturated carbocycles. The Hall–Kier alpha value is -2.01. The number of fused-ring (bicyclic) bond motifs is 1. The molecular weight excluding hydrogens is 428 g/mol. The van der Waals surface area contributed by atoms with Gasteiger partial charge in [-0.2, -0.15) is 8.42 Å². The maximum atomic E-state index is 12.5. The van der Waals surface area contributed by atoms with E-state index in [2.05, 4.69) is 0 Å². The largest absolute Gasteiger partial charge is 0.459 e. The van der Waals surface area contributed by atoms with E-state index in [1.54, 1.807) is 0 Å². The van der Waals surface area contributed by atoms with Crippen molar-refractivity contribution in [3.63, 3.8) is 0 Å². The monoisotopic (exact) mass is 452 g/mol. The molecule has 2 bridgehead atoms. The van der Waals surface area contributed by atoms with Crippen LogP contribution in [-0.2, 0) is 29.2 Å². The van der Waals surface area contributed by atoms with E-state index in [1.807, 2.05) is 0 Å². The first kappa shape index (κ1) is 20.9. The third-order valence-corrected chi connectivity index (χ3v) is 8.25. The van der Waals surface area contributed by atoms with Crippen molar-refractivity contribution in [2.24, 2.45) is 23.7 Å². The summed E-state index contributed by atoms with van der Waals surface area (Å²) in [5.74, 6) is -1.36. The molecule has 3 aliphatic carbocycles. The van der Waals surface area contributed by atoms with Crippen LogP contribution < -0.4 is 4.74 Å². The lowest BCUT2D eigenvalue weighted by Crippen LogP contribution is -2.49. The lowest BCUT2D eigenvalue weighted by Gasteiger charge is -2.40. The van der Waals surface area contributed by atoms with Crippen LogP contribution in [-0.4, -0.2) is 54.4 Å². The van der Waals surface area contributed by atoms with Gasteiger partial charge in [-0.25, -0.2) is 4.79 Å². The van der Waals surface area contributed by atoms with Gasteiger partial charge >= 0.3 is 11.9 Å². The number of carbonyl (C=O) groups is 2. The van der Waals surface area contributed by atoms with E-state index < -0.39 is 33.9 Å². The molecule has 1 aliphatic heterocycles. The Bertz CT molecular complexity index is 996. The molecule has 2 N–H and O–H groups in total. The average molecular weight is 452 g/mol. The fourth-order valence-corrected chi connectivity index (χ4v) is 6.75. The molecule has 9 nitrogen and oxygen atoms in total. The highest BCUT2D eigenvalue weighted by Crippen LogP contribution is 2.63. The van der Waals surface area contributed by atoms with Gasteiger partial charge in [0.2, 0.25) is 0 Å². The molecule has 1 aromatic carbocycles. The topological polar surface area (TPSA) is 136 Å². The number of hydrogen-bond donors (Lipinski definition) is 2. The average Bonchev–Trinajstić information content (AvgIpc) is 3.43. The van der Waals surface area contributed by atoms with Crippen LogP contribution >= 0.6 is 0 Å². The smallest absolute Gasteiger partial charge is 0.337 e. The molecule has 4 aliphatic rings. The van der Waals surface area contributed by atoms with Crippen LogP contribution in [0.1, 0.15) is 32.1 Å². The van der Waals surface area contributed by atoms with Gasteiger partial charge in [-0.05, 0) is 49.4 Å². The van der Waals surface area contributed by atoms with Crippen molar-refractivity contribution in [1.29, 1.82) is 0 Å². The van der Waals surface area contributed by atoms with E-state index in [1.165, 1.54) is 12.1 Å². The van der Waals surface area contributed by atoms with Crippen molar-refractivity contribution in [3.05, 3.63) is 24.3 Å². The SMILES string of the molecule is O=C(COC1C2CC3C1OC(=O)C3C2C1(O)CCCC1)Oc1ccc(S(=O)(=O)O)cc1. The summed E-state index contributed by atoms with van der Waals surface area (Å²) >= 11 is 0. The molecule has 31 heavy (non-hydrogen) atoms. The van der Waals surface area contributed by atoms with E-state index in [0.29, 0.717) is 12.8 Å². The molecule has 0 aromatic heterocycles. The number of esters is 2. The second-order valence-electron chi connectivity index (χ2n) is 9.02. The molecule has 0 spiro atoms. The zero-order valence-corrected chi connectivity index (χ0v) is 17.5. The highest BCUT2D eigenvalue weighted by molar-refractivity contribution is 7.85. The van der Waals surface area contributed by atoms with E-state index >= 15 is 0 Å². The van der Waals surface area contributed by atoms with Crippen LogP contribution in [0.15, 0.2) is 29.2 Å². The standard InChI is InChI=1S/C21H24O9S/c22-15(29-11-3-5-12(6-4-11)31(25,26)27)10-28-18-14-9-13-16(20(23)30-19(13)18)17(14)21(24)7-1-2-8-21/h3-6,13-14,16-19,24H,1-2,7-10H2,(H,25,26,27). The third kappa shape index (κ3) is 3.45. The van der Waals surface area contributed by atoms with Gasteiger partial charge < -0.3 is 19.3 Å². The highest BCUT2D eigenvalue weighted by Gasteiger charge is 2.70. The summed E-state index contributed by atoms with van der Waals surface area (Å²) in [6.45, 7) is -0.363. The molecule has 10 heteroatoms. The first-order valence-electron chi connectivity index (χ1n) is 10.5. The Labute approximate surface area is 179 Å². The summed E-state index contributed by atoms with van der Waals surface area (Å²) in [6, 6.07) is 4.76. The van der Waals surface area contributed by atoms with Crippen LogP contribution in [0.4, 0.5) is 0 Å². The lowest BCUT2D eigenvalue weighted by molar-refractivity contribution is -0.151. The zero-order valence-electron chi connectivity index (χ0n) is 16.7. The quantitative estimate of drug-likeness (QED) is 0.372. The molecule has 6 atom stereocenters. The van der Waals surface area contributed by atoms with Crippen LogP contribution in [0.3, 0.4) is 0 Å². The second kappa shape index (κ2) is 7.26. The van der Waals surface area contributed by atoms with Crippen LogP contribution in [0, 0.1) is 23.7 Å². The van der Waals surface area contributed by atoms with E-state index in [9.17, 15) is 23.1 Å². The maximum Gasteiger partial charge on any atom is 0.337 e. The Morgan fingerprint density at radius 1 is 1.16 bits per heavy atom. The van der Waals surface area contributed by atoms with Gasteiger partial charge in [0.1, 0.15) is 18.5 Å². The molecule has 1 aromatic rings. The number of carbonyl (C=O) groups excluding carboxylic acids is 2. The highest BCUT2D eigenvalue weighted by atomic mass is 32.2. The summed E-state index contributed by atoms with van der Waals surface area (Å²) in [5.41, 5.74) is -0.880. The van der Waals surface area contributed by atoms with Crippen LogP contribution in [0.5, 0.6) is 5.75 Å². The summed E-state index contributed by atoms with van der Waals surface area (Å²) in [5, 5.41) is 11.2. The molecule has 168 valence electrons. The van der Waals surface area contributed by atoms with Gasteiger partial charge in [0, 0.05) is 11.8 Å². The fraction of sp³-hybridized carbons (Fsp3) is 0.619. The first-order chi connectivity index (χ1) is 14.7. The Morgan fingerprint density at radius 3 is 2.48 bits per heavy atom. The summed E-state index contributed by atoms with van der Waals surface area (Å²) in [6.07, 6.45) is 3.09. The van der Waals surface area contributed by atoms with Gasteiger partial charge in [0.25, 0.3) is 10.1 Å². The number of rotatable bonds is 6. The van der Waals surface area contributed by atoms with Crippen molar-refractivity contribution in [2.75, 3.05) is 6.61 Å². The van der Waals surface area contributed by atoms with Gasteiger partial charge in [-0.3, -0.25) is 9.35 Å². The first-order valence-corrected chi connectivity index (χ1v) is 11.9. The Morgan fingerprint density at radius 2 is 1.84 bits per heavy atom. The summed E-state index contributed by atoms with van der Waals surface area (Å²) in [7, 11) is -4.33. The Balaban J connectivity index is 1.24. The van der Waals surface area contributed by atoms with Crippen molar-refractivity contribution in [3.8, 4) is 5.75 Å². The van der Waals surface area contributed by atoms with Gasteiger partial charge in [0.05, 0.1) is 22.5 Å². The Kier molecular flexibility index (Phi) is 4.89. The van der Waals surface area contributed by atoms with Gasteiger partial charge in [0.15, 0.2) is 0 Å². The number of ether oxygens (including phenoxy) is 3. The molecule has 1 heterocycles. The van der Waals surface area contributed by atoms with Crippen molar-refractivity contribution >= 4 is 22.1 Å². The fourth-order valence-electron chi connectivity index (χ4n) is 6.27. The third-order valence-electron chi connectivity index (χ3n) is 7.38. The lowest BCUT2D eigenvalue weighted by atomic mass is 9.68. The van der Waals surface area contributed by atoms with Crippen molar-refractivity contribution in [1.82, 2.24) is 0 Å². The number of benzene rings is 1. The number of aliphatic hydroxyl groups is 1. The van der Waals surface area contributed by atoms with E-state index in [4.69, 9.17) is 18.8 Å². The minimum atomic E-state index is -4.33. The van der Waals surface area contributed by atoms with E-state index in [-0.39, 0.29) is 46.9 Å². The predicted molar refractivity (Wildman–Crippen MR) is 104 cm³/mol. The minimum absolute atomic E-state index is 0.0149. The van der Waals surface area contributed by atoms with Crippen LogP contribution in [0.25, 0.3) is 0 Å². The van der Waals surface area contributed by atoms with Crippen molar-refractivity contribution in [2.45, 2.75) is 54.8 Å². The summed E-state index contributed by atoms with van der Waals surface area (Å²) in [4.78, 5) is 24.4. The minimum Gasteiger partial charge on any atom is -0.459 e. The molecule has 6 unspecified atom stereocenters. The molecule has 5 rings (SSSR count). The number of hydrogen-bond acceptors (Lipinski definition) is 8. The van der Waals surface area contributed by atoms with Crippen molar-refractivity contribution < 1.29 is 41.9 Å². The molecule has 4 fully saturated rings. The molecule has 0 radical (unpaired) electrons. The summed E-state index contributed by atoms with van der Waals surface area (Å²) < 4.78 is 47.8. The predicted octanol–water partition coefficient (Wildman–Crippen LogP) is 1.34. The van der Waals surface area contributed by atoms with E-state index in [0.717, 1.165) is 31.4 Å². The van der Waals surface area contributed by atoms with Crippen LogP contribution in [0.2, 0.25) is 0 Å². The van der Waals surface area contributed by atoms with Gasteiger partial charge in [-0.1, -0.05) is 12.8 Å².